The van der Waals surface area contributed by atoms with E-state index in [0.29, 0.717) is 19.5 Å². The average molecular weight is 244 g/mol. The molecule has 1 amide bonds. The number of carbonyl (C=O) groups excluding carboxylic acids is 1. The maximum absolute atomic E-state index is 11.5. The first kappa shape index (κ1) is 16.4. The van der Waals surface area contributed by atoms with Gasteiger partial charge in [-0.3, -0.25) is 4.79 Å². The number of likely N-dealkylation sites (N-methyl/N-ethyl adjacent to an activating group) is 1. The number of aliphatic hydroxyl groups is 1. The van der Waals surface area contributed by atoms with Crippen LogP contribution in [0.15, 0.2) is 0 Å². The smallest absolute Gasteiger partial charge is 0.220 e. The predicted octanol–water partition coefficient (Wildman–Crippen LogP) is 1.39. The maximum atomic E-state index is 11.5. The molecule has 2 N–H and O–H groups in total. The minimum atomic E-state index is -0.859. The van der Waals surface area contributed by atoms with Crippen LogP contribution in [0.5, 0.6) is 0 Å². The fourth-order valence-electron chi connectivity index (χ4n) is 1.83. The Hall–Kier alpha value is -0.610. The van der Waals surface area contributed by atoms with E-state index in [2.05, 4.69) is 12.2 Å². The van der Waals surface area contributed by atoms with E-state index in [1.54, 1.807) is 6.92 Å². The molecule has 0 radical (unpaired) electrons. The SMILES string of the molecule is CCCCCCC(=O)NCC(C)(O)CN(C)C. The number of unbranched alkanes of at least 4 members (excludes halogenated alkanes) is 3. The lowest BCUT2D eigenvalue weighted by atomic mass is 10.1. The summed E-state index contributed by atoms with van der Waals surface area (Å²) in [7, 11) is 3.81. The largest absolute Gasteiger partial charge is 0.387 e. The molecule has 0 aliphatic rings. The van der Waals surface area contributed by atoms with Gasteiger partial charge in [-0.05, 0) is 27.4 Å². The van der Waals surface area contributed by atoms with Crippen molar-refractivity contribution in [3.8, 4) is 0 Å². The molecule has 4 heteroatoms. The third kappa shape index (κ3) is 10.3. The third-order valence-corrected chi connectivity index (χ3v) is 2.58. The Balaban J connectivity index is 3.68. The van der Waals surface area contributed by atoms with Crippen LogP contribution in [-0.2, 0) is 4.79 Å². The molecular weight excluding hydrogens is 216 g/mol. The van der Waals surface area contributed by atoms with Crippen LogP contribution in [0.1, 0.15) is 46.0 Å². The van der Waals surface area contributed by atoms with Crippen molar-refractivity contribution in [3.05, 3.63) is 0 Å². The summed E-state index contributed by atoms with van der Waals surface area (Å²) in [6.07, 6.45) is 4.98. The minimum absolute atomic E-state index is 0.0418. The summed E-state index contributed by atoms with van der Waals surface area (Å²) in [5.74, 6) is 0.0418. The first-order chi connectivity index (χ1) is 7.87. The van der Waals surface area contributed by atoms with Crippen molar-refractivity contribution >= 4 is 5.91 Å². The number of nitrogens with zero attached hydrogens (tertiary/aromatic N) is 1. The van der Waals surface area contributed by atoms with Crippen LogP contribution < -0.4 is 5.32 Å². The van der Waals surface area contributed by atoms with Crippen LogP contribution >= 0.6 is 0 Å². The van der Waals surface area contributed by atoms with Gasteiger partial charge in [0.1, 0.15) is 0 Å². The van der Waals surface area contributed by atoms with Gasteiger partial charge in [0.2, 0.25) is 5.91 Å². The zero-order valence-corrected chi connectivity index (χ0v) is 11.8. The lowest BCUT2D eigenvalue weighted by molar-refractivity contribution is -0.122. The third-order valence-electron chi connectivity index (χ3n) is 2.58. The molecule has 1 unspecified atom stereocenters. The maximum Gasteiger partial charge on any atom is 0.220 e. The van der Waals surface area contributed by atoms with Gasteiger partial charge < -0.3 is 15.3 Å². The summed E-state index contributed by atoms with van der Waals surface area (Å²) in [6, 6.07) is 0. The van der Waals surface area contributed by atoms with Gasteiger partial charge in [0.05, 0.1) is 5.60 Å². The fraction of sp³-hybridized carbons (Fsp3) is 0.923. The van der Waals surface area contributed by atoms with E-state index in [-0.39, 0.29) is 5.91 Å². The highest BCUT2D eigenvalue weighted by Crippen LogP contribution is 2.04. The molecule has 0 saturated heterocycles. The zero-order chi connectivity index (χ0) is 13.3. The minimum Gasteiger partial charge on any atom is -0.387 e. The van der Waals surface area contributed by atoms with E-state index in [1.165, 1.54) is 12.8 Å². The summed E-state index contributed by atoms with van der Waals surface area (Å²) in [4.78, 5) is 13.4. The number of hydrogen-bond donors (Lipinski definition) is 2. The van der Waals surface area contributed by atoms with E-state index in [4.69, 9.17) is 0 Å². The second-order valence-electron chi connectivity index (χ2n) is 5.32. The van der Waals surface area contributed by atoms with Crippen LogP contribution in [0.2, 0.25) is 0 Å². The molecule has 1 atom stereocenters. The summed E-state index contributed by atoms with van der Waals surface area (Å²) in [6.45, 7) is 4.75. The number of hydrogen-bond acceptors (Lipinski definition) is 3. The molecule has 0 aromatic heterocycles. The van der Waals surface area contributed by atoms with Crippen molar-refractivity contribution in [3.63, 3.8) is 0 Å². The van der Waals surface area contributed by atoms with Gasteiger partial charge in [-0.2, -0.15) is 0 Å². The summed E-state index contributed by atoms with van der Waals surface area (Å²) in [5.41, 5.74) is -0.859. The van der Waals surface area contributed by atoms with Crippen LogP contribution in [-0.4, -0.2) is 48.7 Å². The Morgan fingerprint density at radius 3 is 2.47 bits per heavy atom. The van der Waals surface area contributed by atoms with Gasteiger partial charge in [0, 0.05) is 19.5 Å². The Labute approximate surface area is 105 Å². The molecule has 0 fully saturated rings. The first-order valence-electron chi connectivity index (χ1n) is 6.51. The lowest BCUT2D eigenvalue weighted by Gasteiger charge is -2.27. The fourth-order valence-corrected chi connectivity index (χ4v) is 1.83. The number of amides is 1. The van der Waals surface area contributed by atoms with Crippen molar-refractivity contribution < 1.29 is 9.90 Å². The molecule has 0 aliphatic heterocycles. The van der Waals surface area contributed by atoms with Gasteiger partial charge in [-0.1, -0.05) is 26.2 Å². The first-order valence-corrected chi connectivity index (χ1v) is 6.51. The second-order valence-corrected chi connectivity index (χ2v) is 5.32. The number of rotatable bonds is 9. The Morgan fingerprint density at radius 1 is 1.29 bits per heavy atom. The number of nitrogens with one attached hydrogen (secondary N) is 1. The van der Waals surface area contributed by atoms with Gasteiger partial charge >= 0.3 is 0 Å². The molecule has 0 spiro atoms. The molecule has 0 heterocycles. The summed E-state index contributed by atoms with van der Waals surface area (Å²) < 4.78 is 0. The molecule has 0 rings (SSSR count). The van der Waals surface area contributed by atoms with E-state index in [0.717, 1.165) is 12.8 Å². The molecule has 102 valence electrons. The molecule has 0 saturated carbocycles. The van der Waals surface area contributed by atoms with Crippen LogP contribution in [0.4, 0.5) is 0 Å². The Kier molecular flexibility index (Phi) is 8.17. The molecule has 4 nitrogen and oxygen atoms in total. The highest BCUT2D eigenvalue weighted by atomic mass is 16.3. The van der Waals surface area contributed by atoms with E-state index in [9.17, 15) is 9.90 Å². The highest BCUT2D eigenvalue weighted by Gasteiger charge is 2.21. The van der Waals surface area contributed by atoms with Crippen LogP contribution in [0.25, 0.3) is 0 Å². The number of carbonyl (C=O) groups is 1. The topological polar surface area (TPSA) is 52.6 Å². The highest BCUT2D eigenvalue weighted by molar-refractivity contribution is 5.75. The molecule has 0 bridgehead atoms. The molecule has 0 aliphatic carbocycles. The van der Waals surface area contributed by atoms with Crippen molar-refractivity contribution in [1.82, 2.24) is 10.2 Å². The van der Waals surface area contributed by atoms with E-state index >= 15 is 0 Å². The predicted molar refractivity (Wildman–Crippen MR) is 70.9 cm³/mol. The van der Waals surface area contributed by atoms with Gasteiger partial charge in [-0.25, -0.2) is 0 Å². The van der Waals surface area contributed by atoms with Crippen molar-refractivity contribution in [1.29, 1.82) is 0 Å². The van der Waals surface area contributed by atoms with Crippen molar-refractivity contribution in [2.45, 2.75) is 51.6 Å². The molecular formula is C13H28N2O2. The van der Waals surface area contributed by atoms with Gasteiger partial charge in [0.25, 0.3) is 0 Å². The van der Waals surface area contributed by atoms with Gasteiger partial charge in [-0.15, -0.1) is 0 Å². The molecule has 0 aromatic carbocycles. The second kappa shape index (κ2) is 8.48. The van der Waals surface area contributed by atoms with Crippen molar-refractivity contribution in [2.75, 3.05) is 27.2 Å². The monoisotopic (exact) mass is 244 g/mol. The van der Waals surface area contributed by atoms with E-state index < -0.39 is 5.60 Å². The molecule has 17 heavy (non-hydrogen) atoms. The quantitative estimate of drug-likeness (QED) is 0.603. The Morgan fingerprint density at radius 2 is 1.94 bits per heavy atom. The van der Waals surface area contributed by atoms with Crippen LogP contribution in [0, 0.1) is 0 Å². The summed E-state index contributed by atoms with van der Waals surface area (Å²) >= 11 is 0. The standard InChI is InChI=1S/C13H28N2O2/c1-5-6-7-8-9-12(16)14-10-13(2,17)11-15(3)4/h17H,5-11H2,1-4H3,(H,14,16). The van der Waals surface area contributed by atoms with Crippen LogP contribution in [0.3, 0.4) is 0 Å². The lowest BCUT2D eigenvalue weighted by Crippen LogP contribution is -2.47. The van der Waals surface area contributed by atoms with E-state index in [1.807, 2.05) is 19.0 Å². The van der Waals surface area contributed by atoms with Gasteiger partial charge in [0.15, 0.2) is 0 Å². The Bertz CT molecular complexity index is 215. The normalized spacial score (nSPS) is 14.7. The molecule has 0 aromatic rings. The summed E-state index contributed by atoms with van der Waals surface area (Å²) in [5, 5.41) is 12.8. The average Bonchev–Trinajstić information content (AvgIpc) is 2.20. The van der Waals surface area contributed by atoms with Crippen molar-refractivity contribution in [2.24, 2.45) is 0 Å². The zero-order valence-electron chi connectivity index (χ0n) is 11.8.